The third kappa shape index (κ3) is 8.32. The zero-order chi connectivity index (χ0) is 101. The first kappa shape index (κ1) is 33.0. The lowest BCUT2D eigenvalue weighted by Crippen LogP contribution is -1.92. The molecule has 0 atom stereocenters. The van der Waals surface area contributed by atoms with E-state index in [0.29, 0.717) is 5.56 Å². The Morgan fingerprint density at radius 1 is 0.170 bits per heavy atom. The van der Waals surface area contributed by atoms with Crippen molar-refractivity contribution < 1.29 is 59.6 Å². The van der Waals surface area contributed by atoms with Crippen LogP contribution in [0.1, 0.15) is 50.7 Å². The minimum atomic E-state index is -1.13. The topological polar surface area (TPSA) is 26.3 Å². The highest BCUT2D eigenvalue weighted by Gasteiger charge is 2.24. The van der Waals surface area contributed by atoms with Crippen LogP contribution in [-0.4, -0.2) is 0 Å². The summed E-state index contributed by atoms with van der Waals surface area (Å²) in [6.07, 6.45) is 0. The van der Waals surface area contributed by atoms with Gasteiger partial charge in [0.05, 0.1) is 50.7 Å². The van der Waals surface area contributed by atoms with Crippen LogP contribution in [0.3, 0.4) is 0 Å². The van der Waals surface area contributed by atoms with Crippen LogP contribution in [0.5, 0.6) is 0 Å². The Balaban J connectivity index is 0.000000157. The van der Waals surface area contributed by atoms with Gasteiger partial charge in [-0.3, -0.25) is 0 Å². The maximum Gasteiger partial charge on any atom is 0.136 e. The van der Waals surface area contributed by atoms with Gasteiger partial charge >= 0.3 is 0 Å². The van der Waals surface area contributed by atoms with Gasteiger partial charge in [-0.1, -0.05) is 303 Å². The van der Waals surface area contributed by atoms with Crippen molar-refractivity contribution >= 4 is 184 Å². The highest BCUT2D eigenvalue weighted by atomic mass is 16.3. The molecule has 25 aromatic rings. The first-order valence-electron chi connectivity index (χ1n) is 52.3. The Kier molecular flexibility index (Phi) is 6.80. The van der Waals surface area contributed by atoms with Crippen LogP contribution in [0.25, 0.3) is 251 Å². The first-order chi connectivity index (χ1) is 68.0. The third-order valence-corrected chi connectivity index (χ3v) is 20.7. The fraction of sp³-hybridized carbons (Fsp3) is 0. The van der Waals surface area contributed by atoms with Crippen molar-refractivity contribution in [1.82, 2.24) is 0 Å². The number of furan rings is 2. The predicted molar refractivity (Wildman–Crippen MR) is 452 cm³/mol. The molecular formula is C104H58O2. The van der Waals surface area contributed by atoms with Gasteiger partial charge in [-0.05, 0) is 255 Å². The van der Waals surface area contributed by atoms with E-state index in [9.17, 15) is 23.3 Å². The van der Waals surface area contributed by atoms with E-state index in [2.05, 4.69) is 115 Å². The van der Waals surface area contributed by atoms with E-state index in [0.717, 1.165) is 76.1 Å². The molecule has 0 spiro atoms. The zero-order valence-corrected chi connectivity index (χ0v) is 54.4. The number of benzene rings is 23. The molecule has 0 saturated heterocycles. The number of hydrogen-bond donors (Lipinski definition) is 0. The van der Waals surface area contributed by atoms with Gasteiger partial charge in [0.2, 0.25) is 0 Å². The summed E-state index contributed by atoms with van der Waals surface area (Å²) in [6, 6.07) is 16.6. The molecule has 486 valence electrons. The second-order valence-corrected chi connectivity index (χ2v) is 26.2. The molecule has 2 aromatic heterocycles. The molecular weight excluding hydrogens is 1280 g/mol. The first-order valence-corrected chi connectivity index (χ1v) is 33.8. The maximum absolute atomic E-state index is 10.4. The molecule has 0 radical (unpaired) electrons. The lowest BCUT2D eigenvalue weighted by Gasteiger charge is -2.19. The Labute approximate surface area is 659 Å². The van der Waals surface area contributed by atoms with Crippen molar-refractivity contribution in [2.75, 3.05) is 0 Å². The summed E-state index contributed by atoms with van der Waals surface area (Å²) < 4.78 is 351. The van der Waals surface area contributed by atoms with Gasteiger partial charge in [0.25, 0.3) is 0 Å². The SMILES string of the molecule is [2H]c1c([2H])c(-c2c([2H])c([2H])c3c(oc4c([2H])c([2H])c([2H])c([2H])c43)c2[2H])c(-c2c([2H])c([2H])c3c([2H])c([2H])c4c([2H])c([2H])c([2H])c5c([2H])c([2H])c2c3c45)c([2H])c1-c1c([2H])c([2H])c2c([2H])c([2H])c3c([2H])c([2H])c([2H])c4c([2H])c([2H])c1c2c34.[2H]c1c([2H])c(-c2ccc(-c3ccc4ccc5cccc6ccc3c4c56)cc2-c2ccc3ccc4cccc5ccc2c3c45)c2c(oc3c([2H])c4c([2H])c([2H])c([2H])c([2H])c4c([2H])c32)c1[2H]. The summed E-state index contributed by atoms with van der Waals surface area (Å²) in [6.45, 7) is 0. The van der Waals surface area contributed by atoms with Gasteiger partial charge in [-0.2, -0.15) is 0 Å². The molecule has 2 heteroatoms. The molecule has 0 aliphatic carbocycles. The molecule has 2 heterocycles. The number of rotatable bonds is 6. The van der Waals surface area contributed by atoms with Gasteiger partial charge in [0, 0.05) is 21.5 Å². The molecule has 25 rings (SSSR count). The molecule has 23 aromatic carbocycles. The van der Waals surface area contributed by atoms with Crippen LogP contribution >= 0.6 is 0 Å². The molecule has 2 nitrogen and oxygen atoms in total. The molecule has 0 N–H and O–H groups in total. The van der Waals surface area contributed by atoms with Gasteiger partial charge in [0.15, 0.2) is 0 Å². The zero-order valence-electron chi connectivity index (χ0n) is 91.4. The largest absolute Gasteiger partial charge is 0.456 e. The molecule has 0 bridgehead atoms. The Morgan fingerprint density at radius 2 is 0.604 bits per heavy atom. The van der Waals surface area contributed by atoms with Crippen molar-refractivity contribution in [3.8, 4) is 66.8 Å². The smallest absolute Gasteiger partial charge is 0.136 e. The van der Waals surface area contributed by atoms with Crippen LogP contribution in [0.15, 0.2) is 360 Å². The summed E-state index contributed by atoms with van der Waals surface area (Å²) in [7, 11) is 0. The number of hydrogen-bond acceptors (Lipinski definition) is 2. The van der Waals surface area contributed by atoms with Crippen molar-refractivity contribution in [1.29, 1.82) is 0 Å². The van der Waals surface area contributed by atoms with Crippen molar-refractivity contribution in [2.45, 2.75) is 0 Å². The quantitative estimate of drug-likeness (QED) is 0.155. The summed E-state index contributed by atoms with van der Waals surface area (Å²) in [4.78, 5) is 0. The molecule has 0 amide bonds. The second kappa shape index (κ2) is 21.8. The Hall–Kier alpha value is -13.9. The minimum absolute atomic E-state index is 0.0479. The average molecular weight is 1380 g/mol. The molecule has 0 saturated carbocycles. The van der Waals surface area contributed by atoms with Gasteiger partial charge in [-0.15, -0.1) is 0 Å². The maximum atomic E-state index is 10.4. The van der Waals surface area contributed by atoms with E-state index in [1.54, 1.807) is 0 Å². The summed E-state index contributed by atoms with van der Waals surface area (Å²) in [5, 5.41) is 6.86. The van der Waals surface area contributed by atoms with E-state index >= 15 is 0 Å². The minimum Gasteiger partial charge on any atom is -0.456 e. The summed E-state index contributed by atoms with van der Waals surface area (Å²) in [5.74, 6) is 0. The molecule has 106 heavy (non-hydrogen) atoms. The van der Waals surface area contributed by atoms with Crippen molar-refractivity contribution in [3.63, 3.8) is 0 Å². The molecule has 0 fully saturated rings. The number of para-hydroxylation sites is 1. The highest BCUT2D eigenvalue weighted by Crippen LogP contribution is 2.51. The third-order valence-electron chi connectivity index (χ3n) is 20.7. The molecule has 0 unspecified atom stereocenters. The lowest BCUT2D eigenvalue weighted by atomic mass is 9.84. The second-order valence-electron chi connectivity index (χ2n) is 26.2. The van der Waals surface area contributed by atoms with Crippen LogP contribution in [0.4, 0.5) is 0 Å². The molecule has 0 aliphatic heterocycles. The highest BCUT2D eigenvalue weighted by molar-refractivity contribution is 6.31. The fourth-order valence-corrected chi connectivity index (χ4v) is 16.1. The monoisotopic (exact) mass is 1380 g/mol. The normalized spacial score (nSPS) is 17.2. The Morgan fingerprint density at radius 3 is 1.28 bits per heavy atom. The van der Waals surface area contributed by atoms with E-state index in [-0.39, 0.29) is 72.6 Å². The van der Waals surface area contributed by atoms with Crippen LogP contribution in [-0.2, 0) is 0 Å². The van der Waals surface area contributed by atoms with Gasteiger partial charge in [-0.25, -0.2) is 0 Å². The average Bonchev–Trinajstić information content (AvgIpc) is 1.08. The lowest BCUT2D eigenvalue weighted by molar-refractivity contribution is 0.669. The van der Waals surface area contributed by atoms with Crippen molar-refractivity contribution in [3.05, 3.63) is 351 Å². The van der Waals surface area contributed by atoms with Crippen LogP contribution < -0.4 is 0 Å². The Bertz CT molecular complexity index is 10300. The number of fused-ring (bicyclic) bond motifs is 7. The predicted octanol–water partition coefficient (Wildman–Crippen LogP) is 29.9. The van der Waals surface area contributed by atoms with Crippen LogP contribution in [0, 0.1) is 0 Å². The van der Waals surface area contributed by atoms with E-state index in [1.165, 1.54) is 10.8 Å². The van der Waals surface area contributed by atoms with Gasteiger partial charge in [0.1, 0.15) is 22.3 Å². The summed E-state index contributed by atoms with van der Waals surface area (Å²) in [5.41, 5.74) is -2.21. The van der Waals surface area contributed by atoms with Crippen LogP contribution in [0.2, 0.25) is 0 Å². The summed E-state index contributed by atoms with van der Waals surface area (Å²) >= 11 is 0. The van der Waals surface area contributed by atoms with E-state index in [4.69, 9.17) is 36.2 Å². The standard InChI is InChI=1S/C54H30O.C50H28O/c1-2-7-38-30-49-47(28-37(38)6-1)54-43(12-5-13-48(54)55-49)41-25-22-39(40-23-18-35-16-14-31-8-3-10-33-20-26-44(40)52(35)50(31)33)29-46(41)42-24-19-36-17-15-32-9-4-11-34-21-27-45(42)53(36)51(32)34;1-2-10-45-40(9-1)41-24-20-36(28-46(41)51-45)38-22-19-35(37-21-15-33-13-11-29-5-3-7-31-17-25-42(37)49(33)47(29)31)27-44(38)39-23-16-34-14-12-30-6-4-8-32-18-26-43(39)50(34)48(30)32/h1-30H;1-28H/i1D,2D,5D,6D,7D,12D,13D,28D,30D;1D,2D,3D,4D,5D,6D,7D,8D,9D,10D,11D,12D,13D,14D,15D,16D,17D,18D,19D,20D,21D,22D,23D,24D,25D,26D,27D,28D. The molecule has 0 aliphatic rings. The van der Waals surface area contributed by atoms with E-state index in [1.807, 2.05) is 12.1 Å². The van der Waals surface area contributed by atoms with E-state index < -0.39 is 309 Å². The van der Waals surface area contributed by atoms with Gasteiger partial charge < -0.3 is 8.83 Å². The fourth-order valence-electron chi connectivity index (χ4n) is 16.1. The van der Waals surface area contributed by atoms with Crippen molar-refractivity contribution in [2.24, 2.45) is 0 Å².